The largest absolute Gasteiger partial charge is 0.497 e. The topological polar surface area (TPSA) is 114 Å². The molecule has 0 radical (unpaired) electrons. The molecule has 1 aliphatic heterocycles. The Morgan fingerprint density at radius 3 is 2.48 bits per heavy atom. The first-order chi connectivity index (χ1) is 14.5. The monoisotopic (exact) mass is 431 g/mol. The van der Waals surface area contributed by atoms with Crippen molar-refractivity contribution in [1.29, 1.82) is 0 Å². The van der Waals surface area contributed by atoms with E-state index in [1.54, 1.807) is 24.3 Å². The molecule has 0 bridgehead atoms. The van der Waals surface area contributed by atoms with Gasteiger partial charge in [-0.2, -0.15) is 0 Å². The van der Waals surface area contributed by atoms with Crippen LogP contribution in [0.4, 0.5) is 10.5 Å². The molecule has 1 heterocycles. The molecule has 1 saturated carbocycles. The minimum absolute atomic E-state index is 0.101. The fraction of sp³-hybridized carbons (Fsp3) is 0.545. The Labute approximate surface area is 181 Å². The third-order valence-electron chi connectivity index (χ3n) is 5.65. The second-order valence-corrected chi connectivity index (χ2v) is 9.20. The molecule has 3 rings (SSSR count). The van der Waals surface area contributed by atoms with E-state index in [2.05, 4.69) is 31.4 Å². The maximum atomic E-state index is 13.0. The fourth-order valence-electron chi connectivity index (χ4n) is 4.84. The molecule has 4 amide bonds. The normalized spacial score (nSPS) is 24.6. The highest BCUT2D eigenvalue weighted by Crippen LogP contribution is 2.46. The van der Waals surface area contributed by atoms with Crippen molar-refractivity contribution in [2.75, 3.05) is 25.6 Å². The zero-order valence-electron chi connectivity index (χ0n) is 18.3. The Hall–Kier alpha value is -3.10. The summed E-state index contributed by atoms with van der Waals surface area (Å²) in [5, 5.41) is 5.40. The second-order valence-electron chi connectivity index (χ2n) is 9.20. The van der Waals surface area contributed by atoms with Crippen LogP contribution >= 0.6 is 0 Å². The summed E-state index contributed by atoms with van der Waals surface area (Å²) < 4.78 is 10.0. The SMILES string of the molecule is COc1ccc(NC(=O)COC(=O)CN2C(=O)NC3(CC(C)CC(C)(C)C3)C2=O)cc1. The number of amides is 4. The Balaban J connectivity index is 1.53. The van der Waals surface area contributed by atoms with Crippen LogP contribution in [0.2, 0.25) is 0 Å². The predicted molar refractivity (Wildman–Crippen MR) is 112 cm³/mol. The van der Waals surface area contributed by atoms with Gasteiger partial charge < -0.3 is 20.1 Å². The van der Waals surface area contributed by atoms with Gasteiger partial charge in [-0.25, -0.2) is 4.79 Å². The summed E-state index contributed by atoms with van der Waals surface area (Å²) in [6.07, 6.45) is 2.02. The number of rotatable bonds is 6. The van der Waals surface area contributed by atoms with Crippen molar-refractivity contribution in [3.05, 3.63) is 24.3 Å². The molecule has 2 N–H and O–H groups in total. The zero-order valence-corrected chi connectivity index (χ0v) is 18.3. The van der Waals surface area contributed by atoms with Gasteiger partial charge in [-0.05, 0) is 54.9 Å². The molecule has 1 aromatic rings. The number of urea groups is 1. The van der Waals surface area contributed by atoms with E-state index in [0.29, 0.717) is 24.3 Å². The molecule has 1 saturated heterocycles. The Morgan fingerprint density at radius 2 is 1.87 bits per heavy atom. The van der Waals surface area contributed by atoms with Gasteiger partial charge in [0.15, 0.2) is 6.61 Å². The van der Waals surface area contributed by atoms with Crippen molar-refractivity contribution in [1.82, 2.24) is 10.2 Å². The van der Waals surface area contributed by atoms with Crippen molar-refractivity contribution < 1.29 is 28.7 Å². The molecule has 9 heteroatoms. The minimum atomic E-state index is -0.982. The van der Waals surface area contributed by atoms with Crippen molar-refractivity contribution in [3.63, 3.8) is 0 Å². The van der Waals surface area contributed by atoms with Gasteiger partial charge in [0.1, 0.15) is 17.8 Å². The second kappa shape index (κ2) is 8.56. The van der Waals surface area contributed by atoms with E-state index in [1.165, 1.54) is 7.11 Å². The molecule has 1 aromatic carbocycles. The average molecular weight is 431 g/mol. The van der Waals surface area contributed by atoms with Crippen molar-refractivity contribution in [3.8, 4) is 5.75 Å². The third-order valence-corrected chi connectivity index (χ3v) is 5.65. The Bertz CT molecular complexity index is 882. The van der Waals surface area contributed by atoms with E-state index in [9.17, 15) is 19.2 Å². The lowest BCUT2D eigenvalue weighted by molar-refractivity contribution is -0.150. The van der Waals surface area contributed by atoms with Gasteiger partial charge in [0.2, 0.25) is 0 Å². The summed E-state index contributed by atoms with van der Waals surface area (Å²) in [5.41, 5.74) is -0.562. The molecule has 168 valence electrons. The summed E-state index contributed by atoms with van der Waals surface area (Å²) in [6, 6.07) is 6.07. The highest BCUT2D eigenvalue weighted by molar-refractivity contribution is 6.09. The summed E-state index contributed by atoms with van der Waals surface area (Å²) in [7, 11) is 1.54. The van der Waals surface area contributed by atoms with Crippen LogP contribution in [-0.2, 0) is 19.1 Å². The molecule has 9 nitrogen and oxygen atoms in total. The van der Waals surface area contributed by atoms with Crippen LogP contribution in [0.15, 0.2) is 24.3 Å². The number of nitrogens with zero attached hydrogens (tertiary/aromatic N) is 1. The molecule has 2 atom stereocenters. The number of nitrogens with one attached hydrogen (secondary N) is 2. The highest BCUT2D eigenvalue weighted by atomic mass is 16.5. The van der Waals surface area contributed by atoms with Crippen LogP contribution in [0.25, 0.3) is 0 Å². The number of methoxy groups -OCH3 is 1. The summed E-state index contributed by atoms with van der Waals surface area (Å²) in [6.45, 7) is 5.14. The van der Waals surface area contributed by atoms with Gasteiger partial charge >= 0.3 is 12.0 Å². The Kier molecular flexibility index (Phi) is 6.24. The van der Waals surface area contributed by atoms with E-state index < -0.39 is 42.5 Å². The van der Waals surface area contributed by atoms with Crippen LogP contribution in [-0.4, -0.2) is 54.5 Å². The lowest BCUT2D eigenvalue weighted by atomic mass is 9.64. The van der Waals surface area contributed by atoms with Gasteiger partial charge in [-0.15, -0.1) is 0 Å². The van der Waals surface area contributed by atoms with E-state index in [1.807, 2.05) is 0 Å². The van der Waals surface area contributed by atoms with E-state index in [4.69, 9.17) is 9.47 Å². The van der Waals surface area contributed by atoms with E-state index in [0.717, 1.165) is 11.3 Å². The van der Waals surface area contributed by atoms with Crippen LogP contribution in [0.3, 0.4) is 0 Å². The maximum Gasteiger partial charge on any atom is 0.326 e. The number of hydrogen-bond donors (Lipinski definition) is 2. The van der Waals surface area contributed by atoms with Crippen LogP contribution in [0, 0.1) is 11.3 Å². The highest BCUT2D eigenvalue weighted by Gasteiger charge is 2.56. The first-order valence-corrected chi connectivity index (χ1v) is 10.3. The molecule has 0 aromatic heterocycles. The number of imide groups is 1. The average Bonchev–Trinajstić information content (AvgIpc) is 2.88. The molecule has 31 heavy (non-hydrogen) atoms. The molecule has 2 fully saturated rings. The number of anilines is 1. The molecular weight excluding hydrogens is 402 g/mol. The molecular formula is C22H29N3O6. The number of benzene rings is 1. The number of hydrogen-bond acceptors (Lipinski definition) is 6. The van der Waals surface area contributed by atoms with Gasteiger partial charge in [0.05, 0.1) is 7.11 Å². The molecule has 2 aliphatic rings. The standard InChI is InChI=1S/C22H29N3O6/c1-14-9-21(2,3)13-22(10-14)19(28)25(20(29)24-22)11-18(27)31-12-17(26)23-15-5-7-16(30-4)8-6-15/h5-8,14H,9-13H2,1-4H3,(H,23,26)(H,24,29). The van der Waals surface area contributed by atoms with Gasteiger partial charge in [0, 0.05) is 5.69 Å². The first-order valence-electron chi connectivity index (χ1n) is 10.3. The van der Waals surface area contributed by atoms with Crippen molar-refractivity contribution in [2.45, 2.75) is 45.6 Å². The lowest BCUT2D eigenvalue weighted by Gasteiger charge is -2.43. The van der Waals surface area contributed by atoms with Crippen molar-refractivity contribution >= 4 is 29.5 Å². The van der Waals surface area contributed by atoms with E-state index in [-0.39, 0.29) is 11.3 Å². The van der Waals surface area contributed by atoms with Crippen LogP contribution < -0.4 is 15.4 Å². The summed E-state index contributed by atoms with van der Waals surface area (Å²) in [5.74, 6) is -0.853. The zero-order chi connectivity index (χ0) is 22.8. The predicted octanol–water partition coefficient (Wildman–Crippen LogP) is 2.31. The molecule has 2 unspecified atom stereocenters. The minimum Gasteiger partial charge on any atom is -0.497 e. The van der Waals surface area contributed by atoms with Gasteiger partial charge in [0.25, 0.3) is 11.8 Å². The number of ether oxygens (including phenoxy) is 2. The number of carbonyl (C=O) groups excluding carboxylic acids is 4. The third kappa shape index (κ3) is 5.15. The smallest absolute Gasteiger partial charge is 0.326 e. The van der Waals surface area contributed by atoms with Crippen molar-refractivity contribution in [2.24, 2.45) is 11.3 Å². The van der Waals surface area contributed by atoms with Crippen LogP contribution in [0.1, 0.15) is 40.0 Å². The van der Waals surface area contributed by atoms with E-state index >= 15 is 0 Å². The summed E-state index contributed by atoms with van der Waals surface area (Å²) >= 11 is 0. The van der Waals surface area contributed by atoms with Gasteiger partial charge in [-0.3, -0.25) is 19.3 Å². The number of carbonyl (C=O) groups is 4. The van der Waals surface area contributed by atoms with Crippen LogP contribution in [0.5, 0.6) is 5.75 Å². The fourth-order valence-corrected chi connectivity index (χ4v) is 4.84. The molecule has 1 aliphatic carbocycles. The Morgan fingerprint density at radius 1 is 1.19 bits per heavy atom. The molecule has 1 spiro atoms. The van der Waals surface area contributed by atoms with Gasteiger partial charge in [-0.1, -0.05) is 20.8 Å². The lowest BCUT2D eigenvalue weighted by Crippen LogP contribution is -2.54. The first kappa shape index (κ1) is 22.6. The number of esters is 1. The quantitative estimate of drug-likeness (QED) is 0.528. The summed E-state index contributed by atoms with van der Waals surface area (Å²) in [4.78, 5) is 50.6. The maximum absolute atomic E-state index is 13.0.